The molecule has 0 aliphatic rings. The quantitative estimate of drug-likeness (QED) is 0.131. The average molecular weight is 527 g/mol. The zero-order valence-corrected chi connectivity index (χ0v) is 21.9. The lowest BCUT2D eigenvalue weighted by Crippen LogP contribution is -2.14. The van der Waals surface area contributed by atoms with Crippen molar-refractivity contribution in [2.75, 3.05) is 0 Å². The highest BCUT2D eigenvalue weighted by molar-refractivity contribution is 6.14. The third-order valence-corrected chi connectivity index (χ3v) is 6.70. The van der Waals surface area contributed by atoms with Gasteiger partial charge in [-0.2, -0.15) is 0 Å². The Hall–Kier alpha value is -5.90. The second kappa shape index (κ2) is 11.5. The van der Waals surface area contributed by atoms with Gasteiger partial charge in [0.05, 0.1) is 11.1 Å². The highest BCUT2D eigenvalue weighted by Gasteiger charge is 2.20. The highest BCUT2D eigenvalue weighted by Crippen LogP contribution is 2.26. The number of fused-ring (bicyclic) bond motifs is 2. The van der Waals surface area contributed by atoms with Crippen LogP contribution in [0.25, 0.3) is 21.5 Å². The van der Waals surface area contributed by atoms with Crippen LogP contribution in [-0.2, 0) is 4.74 Å². The van der Waals surface area contributed by atoms with Gasteiger partial charge in [0.2, 0.25) is 0 Å². The molecule has 3 nitrogen and oxygen atoms in total. The van der Waals surface area contributed by atoms with E-state index in [0.29, 0.717) is 21.9 Å². The molecule has 0 aliphatic heterocycles. The van der Waals surface area contributed by atoms with E-state index in [1.807, 2.05) is 109 Å². The number of carbonyl (C=O) groups is 2. The topological polar surface area (TPSA) is 43.4 Å². The first-order valence-corrected chi connectivity index (χ1v) is 13.1. The van der Waals surface area contributed by atoms with Crippen LogP contribution in [0, 0.1) is 23.7 Å². The Morgan fingerprint density at radius 2 is 0.756 bits per heavy atom. The van der Waals surface area contributed by atoms with Crippen LogP contribution in [-0.4, -0.2) is 11.9 Å². The third kappa shape index (κ3) is 5.48. The summed E-state index contributed by atoms with van der Waals surface area (Å²) in [5.74, 6) is 11.3. The SMILES string of the molecule is O=C(OC(=O)c1ccc(C#Cc2ccccc2)c2ccccc12)c1ccc(C#Cc2ccccc2)c2ccccc12. The summed E-state index contributed by atoms with van der Waals surface area (Å²) in [5.41, 5.74) is 3.96. The van der Waals surface area contributed by atoms with Crippen molar-refractivity contribution < 1.29 is 14.3 Å². The number of esters is 2. The molecule has 0 atom stereocenters. The first kappa shape index (κ1) is 25.4. The summed E-state index contributed by atoms with van der Waals surface area (Å²) in [7, 11) is 0. The van der Waals surface area contributed by atoms with Gasteiger partial charge < -0.3 is 4.74 Å². The minimum absolute atomic E-state index is 0.300. The fourth-order valence-electron chi connectivity index (χ4n) is 4.69. The zero-order valence-electron chi connectivity index (χ0n) is 21.9. The smallest absolute Gasteiger partial charge is 0.346 e. The van der Waals surface area contributed by atoms with Crippen LogP contribution in [0.3, 0.4) is 0 Å². The number of rotatable bonds is 2. The van der Waals surface area contributed by atoms with Gasteiger partial charge in [-0.25, -0.2) is 9.59 Å². The van der Waals surface area contributed by atoms with E-state index in [1.165, 1.54) is 0 Å². The molecule has 0 unspecified atom stereocenters. The van der Waals surface area contributed by atoms with Crippen LogP contribution in [0.1, 0.15) is 43.0 Å². The summed E-state index contributed by atoms with van der Waals surface area (Å²) in [4.78, 5) is 26.6. The molecule has 0 aromatic heterocycles. The molecular formula is C38H22O3. The lowest BCUT2D eigenvalue weighted by atomic mass is 9.99. The Kier molecular flexibility index (Phi) is 7.09. The molecule has 6 rings (SSSR count). The van der Waals surface area contributed by atoms with E-state index in [9.17, 15) is 9.59 Å². The molecule has 0 saturated carbocycles. The lowest BCUT2D eigenvalue weighted by molar-refractivity contribution is 0.0400. The molecule has 0 aliphatic carbocycles. The van der Waals surface area contributed by atoms with Gasteiger partial charge in [0, 0.05) is 22.3 Å². The number of carbonyl (C=O) groups excluding carboxylic acids is 2. The fourth-order valence-corrected chi connectivity index (χ4v) is 4.69. The van der Waals surface area contributed by atoms with E-state index in [-0.39, 0.29) is 0 Å². The van der Waals surface area contributed by atoms with Crippen LogP contribution in [0.2, 0.25) is 0 Å². The number of ether oxygens (including phenoxy) is 1. The maximum atomic E-state index is 13.3. The molecule has 3 heteroatoms. The first-order chi connectivity index (χ1) is 20.2. The molecule has 6 aromatic carbocycles. The summed E-state index contributed by atoms with van der Waals surface area (Å²) in [6.07, 6.45) is 0. The van der Waals surface area contributed by atoms with Gasteiger partial charge in [-0.3, -0.25) is 0 Å². The van der Waals surface area contributed by atoms with Crippen molar-refractivity contribution in [2.24, 2.45) is 0 Å². The minimum Gasteiger partial charge on any atom is -0.386 e. The molecule has 192 valence electrons. The van der Waals surface area contributed by atoms with Gasteiger partial charge in [-0.1, -0.05) is 109 Å². The molecule has 0 heterocycles. The predicted octanol–water partition coefficient (Wildman–Crippen LogP) is 7.79. The van der Waals surface area contributed by atoms with Gasteiger partial charge in [-0.15, -0.1) is 0 Å². The highest BCUT2D eigenvalue weighted by atomic mass is 16.6. The van der Waals surface area contributed by atoms with Gasteiger partial charge in [0.25, 0.3) is 0 Å². The third-order valence-electron chi connectivity index (χ3n) is 6.70. The number of hydrogen-bond acceptors (Lipinski definition) is 3. The van der Waals surface area contributed by atoms with Gasteiger partial charge in [-0.05, 0) is 70.1 Å². The van der Waals surface area contributed by atoms with Crippen molar-refractivity contribution in [3.63, 3.8) is 0 Å². The van der Waals surface area contributed by atoms with Crippen molar-refractivity contribution in [1.82, 2.24) is 0 Å². The summed E-state index contributed by atoms with van der Waals surface area (Å²) < 4.78 is 5.43. The monoisotopic (exact) mass is 526 g/mol. The average Bonchev–Trinajstić information content (AvgIpc) is 3.03. The van der Waals surface area contributed by atoms with Crippen LogP contribution >= 0.6 is 0 Å². The molecule has 0 N–H and O–H groups in total. The van der Waals surface area contributed by atoms with Crippen molar-refractivity contribution >= 4 is 33.5 Å². The zero-order chi connectivity index (χ0) is 28.0. The first-order valence-electron chi connectivity index (χ1n) is 13.1. The number of benzene rings is 6. The Morgan fingerprint density at radius 1 is 0.390 bits per heavy atom. The molecule has 0 radical (unpaired) electrons. The maximum absolute atomic E-state index is 13.3. The fraction of sp³-hybridized carbons (Fsp3) is 0. The van der Waals surface area contributed by atoms with E-state index < -0.39 is 11.9 Å². The summed E-state index contributed by atoms with van der Waals surface area (Å²) >= 11 is 0. The van der Waals surface area contributed by atoms with E-state index in [4.69, 9.17) is 4.74 Å². The standard InChI is InChI=1S/C38H22O3/c39-37(35-25-23-29(31-15-7-9-17-33(31)35)21-19-27-11-3-1-4-12-27)41-38(40)36-26-24-30(32-16-8-10-18-34(32)36)22-20-28-13-5-2-6-14-28/h1-18,23-26H. The van der Waals surface area contributed by atoms with Crippen molar-refractivity contribution in [2.45, 2.75) is 0 Å². The molecule has 41 heavy (non-hydrogen) atoms. The van der Waals surface area contributed by atoms with Crippen molar-refractivity contribution in [3.05, 3.63) is 167 Å². The Morgan fingerprint density at radius 3 is 1.17 bits per heavy atom. The van der Waals surface area contributed by atoms with Crippen LogP contribution in [0.4, 0.5) is 0 Å². The van der Waals surface area contributed by atoms with Gasteiger partial charge in [0.15, 0.2) is 0 Å². The Labute approximate surface area is 238 Å². The second-order valence-electron chi connectivity index (χ2n) is 9.32. The van der Waals surface area contributed by atoms with Crippen LogP contribution < -0.4 is 0 Å². The molecule has 0 spiro atoms. The van der Waals surface area contributed by atoms with Crippen molar-refractivity contribution in [3.8, 4) is 23.7 Å². The van der Waals surface area contributed by atoms with Gasteiger partial charge in [0.1, 0.15) is 0 Å². The molecule has 0 amide bonds. The molecule has 6 aromatic rings. The number of hydrogen-bond donors (Lipinski definition) is 0. The molecule has 0 fully saturated rings. The molecule has 0 saturated heterocycles. The Balaban J connectivity index is 1.30. The minimum atomic E-state index is -0.717. The lowest BCUT2D eigenvalue weighted by Gasteiger charge is -2.10. The Bertz CT molecular complexity index is 1900. The molecule has 0 bridgehead atoms. The van der Waals surface area contributed by atoms with Crippen LogP contribution in [0.15, 0.2) is 133 Å². The predicted molar refractivity (Wildman–Crippen MR) is 162 cm³/mol. The normalized spacial score (nSPS) is 10.2. The maximum Gasteiger partial charge on any atom is 0.346 e. The second-order valence-corrected chi connectivity index (χ2v) is 9.32. The summed E-state index contributed by atoms with van der Waals surface area (Å²) in [5, 5.41) is 2.96. The van der Waals surface area contributed by atoms with E-state index >= 15 is 0 Å². The van der Waals surface area contributed by atoms with E-state index in [2.05, 4.69) is 23.7 Å². The summed E-state index contributed by atoms with van der Waals surface area (Å²) in [6, 6.07) is 41.3. The van der Waals surface area contributed by atoms with E-state index in [1.54, 1.807) is 24.3 Å². The van der Waals surface area contributed by atoms with Gasteiger partial charge >= 0.3 is 11.9 Å². The van der Waals surface area contributed by atoms with E-state index in [0.717, 1.165) is 33.0 Å². The van der Waals surface area contributed by atoms with Crippen molar-refractivity contribution in [1.29, 1.82) is 0 Å². The van der Waals surface area contributed by atoms with Crippen LogP contribution in [0.5, 0.6) is 0 Å². The summed E-state index contributed by atoms with van der Waals surface area (Å²) in [6.45, 7) is 0. The molecular weight excluding hydrogens is 504 g/mol. The largest absolute Gasteiger partial charge is 0.386 e.